The molecule has 3 aromatic heterocycles. The van der Waals surface area contributed by atoms with E-state index >= 15 is 0 Å². The minimum atomic E-state index is 0.367. The maximum Gasteiger partial charge on any atom is 0.252 e. The normalized spacial score (nSPS) is 19.2. The van der Waals surface area contributed by atoms with E-state index in [0.717, 1.165) is 48.6 Å². The lowest BCUT2D eigenvalue weighted by molar-refractivity contribution is 0.421. The summed E-state index contributed by atoms with van der Waals surface area (Å²) < 4.78 is 7.26. The Kier molecular flexibility index (Phi) is 2.92. The lowest BCUT2D eigenvalue weighted by atomic mass is 9.92. The first kappa shape index (κ1) is 12.5. The molecule has 0 amide bonds. The lowest BCUT2D eigenvalue weighted by Gasteiger charge is -2.24. The molecular formula is C14H16N6O. The van der Waals surface area contributed by atoms with Gasteiger partial charge in [-0.25, -0.2) is 9.50 Å². The number of aromatic nitrogens is 5. The van der Waals surface area contributed by atoms with Crippen molar-refractivity contribution >= 4 is 5.78 Å². The first-order valence-electron chi connectivity index (χ1n) is 7.16. The van der Waals surface area contributed by atoms with Gasteiger partial charge in [-0.1, -0.05) is 5.16 Å². The van der Waals surface area contributed by atoms with Crippen LogP contribution in [0.4, 0.5) is 0 Å². The Bertz CT molecular complexity index is 771. The van der Waals surface area contributed by atoms with E-state index in [-0.39, 0.29) is 0 Å². The van der Waals surface area contributed by atoms with Gasteiger partial charge in [-0.3, -0.25) is 0 Å². The molecule has 108 valence electrons. The SMILES string of the molecule is Cc1cc(-c2cnc3ncnn3c2[C@H]2CCCNC2)on1. The summed E-state index contributed by atoms with van der Waals surface area (Å²) in [5, 5.41) is 11.8. The van der Waals surface area contributed by atoms with Crippen LogP contribution in [0.2, 0.25) is 0 Å². The van der Waals surface area contributed by atoms with Crippen molar-refractivity contribution in [3.05, 3.63) is 30.0 Å². The number of hydrogen-bond acceptors (Lipinski definition) is 6. The van der Waals surface area contributed by atoms with Crippen LogP contribution < -0.4 is 5.32 Å². The van der Waals surface area contributed by atoms with Crippen LogP contribution in [0.5, 0.6) is 0 Å². The standard InChI is InChI=1S/C14H16N6O/c1-9-5-12(21-19-9)11-7-16-14-17-8-18-20(14)13(11)10-3-2-4-15-6-10/h5,7-8,10,15H,2-4,6H2,1H3/t10-/m0/s1. The number of piperidine rings is 1. The molecule has 0 aliphatic carbocycles. The van der Waals surface area contributed by atoms with Crippen molar-refractivity contribution in [2.75, 3.05) is 13.1 Å². The monoisotopic (exact) mass is 284 g/mol. The van der Waals surface area contributed by atoms with Crippen molar-refractivity contribution in [2.24, 2.45) is 0 Å². The average molecular weight is 284 g/mol. The topological polar surface area (TPSA) is 81.1 Å². The molecule has 3 aromatic rings. The van der Waals surface area contributed by atoms with Gasteiger partial charge in [0, 0.05) is 24.7 Å². The van der Waals surface area contributed by atoms with E-state index in [1.165, 1.54) is 6.33 Å². The largest absolute Gasteiger partial charge is 0.356 e. The zero-order chi connectivity index (χ0) is 14.2. The number of fused-ring (bicyclic) bond motifs is 1. The van der Waals surface area contributed by atoms with Crippen molar-refractivity contribution in [1.82, 2.24) is 30.1 Å². The molecule has 7 nitrogen and oxygen atoms in total. The first-order chi connectivity index (χ1) is 10.3. The van der Waals surface area contributed by atoms with Crippen LogP contribution >= 0.6 is 0 Å². The van der Waals surface area contributed by atoms with E-state index in [9.17, 15) is 0 Å². The van der Waals surface area contributed by atoms with Crippen LogP contribution in [0.3, 0.4) is 0 Å². The third kappa shape index (κ3) is 2.09. The zero-order valence-electron chi connectivity index (χ0n) is 11.8. The predicted octanol–water partition coefficient (Wildman–Crippen LogP) is 1.55. The Morgan fingerprint density at radius 3 is 3.10 bits per heavy atom. The highest BCUT2D eigenvalue weighted by molar-refractivity contribution is 5.62. The van der Waals surface area contributed by atoms with E-state index in [1.54, 1.807) is 0 Å². The highest BCUT2D eigenvalue weighted by Gasteiger charge is 2.24. The molecule has 21 heavy (non-hydrogen) atoms. The Labute approximate surface area is 121 Å². The van der Waals surface area contributed by atoms with Crippen molar-refractivity contribution in [3.8, 4) is 11.3 Å². The van der Waals surface area contributed by atoms with Gasteiger partial charge < -0.3 is 9.84 Å². The molecule has 1 N–H and O–H groups in total. The maximum absolute atomic E-state index is 5.44. The second-order valence-corrected chi connectivity index (χ2v) is 5.40. The maximum atomic E-state index is 5.44. The molecule has 0 bridgehead atoms. The fourth-order valence-corrected chi connectivity index (χ4v) is 2.95. The molecule has 1 aliphatic heterocycles. The summed E-state index contributed by atoms with van der Waals surface area (Å²) >= 11 is 0. The van der Waals surface area contributed by atoms with Crippen molar-refractivity contribution in [3.63, 3.8) is 0 Å². The number of hydrogen-bond donors (Lipinski definition) is 1. The quantitative estimate of drug-likeness (QED) is 0.769. The van der Waals surface area contributed by atoms with Crippen LogP contribution in [0.25, 0.3) is 17.1 Å². The van der Waals surface area contributed by atoms with E-state index in [1.807, 2.05) is 23.7 Å². The van der Waals surface area contributed by atoms with E-state index in [4.69, 9.17) is 4.52 Å². The first-order valence-corrected chi connectivity index (χ1v) is 7.16. The van der Waals surface area contributed by atoms with Crippen LogP contribution in [-0.4, -0.2) is 37.8 Å². The predicted molar refractivity (Wildman–Crippen MR) is 75.9 cm³/mol. The molecule has 0 spiro atoms. The van der Waals surface area contributed by atoms with Gasteiger partial charge >= 0.3 is 0 Å². The van der Waals surface area contributed by atoms with Gasteiger partial charge in [0.15, 0.2) is 5.76 Å². The molecule has 0 unspecified atom stereocenters. The number of rotatable bonds is 2. The fourth-order valence-electron chi connectivity index (χ4n) is 2.95. The summed E-state index contributed by atoms with van der Waals surface area (Å²) in [4.78, 5) is 8.55. The van der Waals surface area contributed by atoms with Crippen LogP contribution in [-0.2, 0) is 0 Å². The molecule has 1 saturated heterocycles. The number of aryl methyl sites for hydroxylation is 1. The Balaban J connectivity index is 1.92. The van der Waals surface area contributed by atoms with Gasteiger partial charge in [0.05, 0.1) is 17.0 Å². The van der Waals surface area contributed by atoms with E-state index < -0.39 is 0 Å². The van der Waals surface area contributed by atoms with Gasteiger partial charge in [0.1, 0.15) is 6.33 Å². The van der Waals surface area contributed by atoms with Crippen LogP contribution in [0.1, 0.15) is 30.1 Å². The lowest BCUT2D eigenvalue weighted by Crippen LogP contribution is -2.30. The van der Waals surface area contributed by atoms with E-state index in [0.29, 0.717) is 11.7 Å². The molecule has 1 atom stereocenters. The smallest absolute Gasteiger partial charge is 0.252 e. The van der Waals surface area contributed by atoms with Crippen molar-refractivity contribution in [2.45, 2.75) is 25.7 Å². The van der Waals surface area contributed by atoms with Gasteiger partial charge in [-0.05, 0) is 26.3 Å². The highest BCUT2D eigenvalue weighted by Crippen LogP contribution is 2.32. The molecule has 0 aromatic carbocycles. The van der Waals surface area contributed by atoms with Gasteiger partial charge in [-0.2, -0.15) is 10.1 Å². The number of nitrogens with zero attached hydrogens (tertiary/aromatic N) is 5. The summed E-state index contributed by atoms with van der Waals surface area (Å²) in [5.74, 6) is 1.72. The van der Waals surface area contributed by atoms with Crippen molar-refractivity contribution < 1.29 is 4.52 Å². The van der Waals surface area contributed by atoms with Gasteiger partial charge in [0.25, 0.3) is 5.78 Å². The summed E-state index contributed by atoms with van der Waals surface area (Å²) in [7, 11) is 0. The molecule has 1 fully saturated rings. The second-order valence-electron chi connectivity index (χ2n) is 5.40. The molecule has 0 radical (unpaired) electrons. The minimum absolute atomic E-state index is 0.367. The van der Waals surface area contributed by atoms with Crippen LogP contribution in [0.15, 0.2) is 23.1 Å². The third-order valence-electron chi connectivity index (χ3n) is 3.92. The van der Waals surface area contributed by atoms with Crippen molar-refractivity contribution in [1.29, 1.82) is 0 Å². The Morgan fingerprint density at radius 2 is 2.33 bits per heavy atom. The molecule has 7 heteroatoms. The van der Waals surface area contributed by atoms with Crippen LogP contribution in [0, 0.1) is 6.92 Å². The summed E-state index contributed by atoms with van der Waals surface area (Å²) in [6.07, 6.45) is 5.62. The molecule has 1 aliphatic rings. The zero-order valence-corrected chi connectivity index (χ0v) is 11.8. The highest BCUT2D eigenvalue weighted by atomic mass is 16.5. The summed E-state index contributed by atoms with van der Waals surface area (Å²) in [5.41, 5.74) is 2.90. The summed E-state index contributed by atoms with van der Waals surface area (Å²) in [6, 6.07) is 1.93. The Hall–Kier alpha value is -2.28. The van der Waals surface area contributed by atoms with Gasteiger partial charge in [-0.15, -0.1) is 0 Å². The molecule has 4 rings (SSSR count). The third-order valence-corrected chi connectivity index (χ3v) is 3.92. The second kappa shape index (κ2) is 4.92. The molecule has 0 saturated carbocycles. The van der Waals surface area contributed by atoms with E-state index in [2.05, 4.69) is 25.5 Å². The average Bonchev–Trinajstić information content (AvgIpc) is 3.15. The number of nitrogens with one attached hydrogen (secondary N) is 1. The van der Waals surface area contributed by atoms with Gasteiger partial charge in [0.2, 0.25) is 0 Å². The molecule has 4 heterocycles. The molecular weight excluding hydrogens is 268 g/mol. The fraction of sp³-hybridized carbons (Fsp3) is 0.429. The summed E-state index contributed by atoms with van der Waals surface area (Å²) in [6.45, 7) is 3.91. The Morgan fingerprint density at radius 1 is 1.38 bits per heavy atom. The minimum Gasteiger partial charge on any atom is -0.356 e.